The molecule has 0 radical (unpaired) electrons. The largest absolute Gasteiger partial charge is 0.103 e. The summed E-state index contributed by atoms with van der Waals surface area (Å²) in [4.78, 5) is 0. The van der Waals surface area contributed by atoms with E-state index in [1.54, 1.807) is 0 Å². The standard InChI is InChI=1S/C25H28/c1-2-6-21-9-12-23(13-10-21)15-18-25-19-16-24(17-20-25)14-11-22-7-4-3-5-8-22/h2,9-10,12-13,16-17,19-20,22H,1,3-8,11,14H2. The van der Waals surface area contributed by atoms with Gasteiger partial charge in [-0.2, -0.15) is 0 Å². The van der Waals surface area contributed by atoms with E-state index in [0.29, 0.717) is 0 Å². The Hall–Kier alpha value is -2.26. The Morgan fingerprint density at radius 2 is 1.36 bits per heavy atom. The molecule has 0 aromatic heterocycles. The van der Waals surface area contributed by atoms with Crippen molar-refractivity contribution < 1.29 is 0 Å². The summed E-state index contributed by atoms with van der Waals surface area (Å²) in [6.07, 6.45) is 12.6. The van der Waals surface area contributed by atoms with Crippen molar-refractivity contribution in [2.24, 2.45) is 5.92 Å². The highest BCUT2D eigenvalue weighted by atomic mass is 14.2. The molecule has 0 atom stereocenters. The van der Waals surface area contributed by atoms with E-state index in [0.717, 1.165) is 23.5 Å². The number of hydrogen-bond acceptors (Lipinski definition) is 0. The molecule has 0 saturated heterocycles. The predicted molar refractivity (Wildman–Crippen MR) is 108 cm³/mol. The van der Waals surface area contributed by atoms with Gasteiger partial charge in [0.15, 0.2) is 0 Å². The first-order valence-electron chi connectivity index (χ1n) is 9.64. The minimum atomic E-state index is 0.913. The van der Waals surface area contributed by atoms with Crippen LogP contribution in [0.3, 0.4) is 0 Å². The van der Waals surface area contributed by atoms with E-state index in [1.165, 1.54) is 56.1 Å². The molecule has 0 N–H and O–H groups in total. The summed E-state index contributed by atoms with van der Waals surface area (Å²) in [5, 5.41) is 0. The SMILES string of the molecule is C=CCc1ccc(C#Cc2ccc(CCC3CCCCC3)cc2)cc1. The first kappa shape index (κ1) is 17.6. The van der Waals surface area contributed by atoms with Gasteiger partial charge in [0.2, 0.25) is 0 Å². The van der Waals surface area contributed by atoms with Crippen LogP contribution in [0.4, 0.5) is 0 Å². The Bertz CT molecular complexity index is 716. The predicted octanol–water partition coefficient (Wildman–Crippen LogP) is 6.33. The normalized spacial score (nSPS) is 14.6. The van der Waals surface area contributed by atoms with Crippen molar-refractivity contribution in [1.29, 1.82) is 0 Å². The third-order valence-corrected chi connectivity index (χ3v) is 5.21. The number of rotatable bonds is 5. The first-order valence-corrected chi connectivity index (χ1v) is 9.64. The summed E-state index contributed by atoms with van der Waals surface area (Å²) in [6, 6.07) is 17.2. The highest BCUT2D eigenvalue weighted by molar-refractivity contribution is 5.44. The zero-order valence-corrected chi connectivity index (χ0v) is 15.1. The summed E-state index contributed by atoms with van der Waals surface area (Å²) in [6.45, 7) is 3.77. The fourth-order valence-electron chi connectivity index (χ4n) is 3.64. The van der Waals surface area contributed by atoms with Crippen LogP contribution >= 0.6 is 0 Å². The maximum Gasteiger partial charge on any atom is 0.0249 e. The highest BCUT2D eigenvalue weighted by Crippen LogP contribution is 2.27. The van der Waals surface area contributed by atoms with Crippen molar-refractivity contribution >= 4 is 0 Å². The van der Waals surface area contributed by atoms with Crippen molar-refractivity contribution in [2.75, 3.05) is 0 Å². The molecule has 0 unspecified atom stereocenters. The highest BCUT2D eigenvalue weighted by Gasteiger charge is 2.12. The van der Waals surface area contributed by atoms with Crippen LogP contribution in [0.5, 0.6) is 0 Å². The molecule has 0 spiro atoms. The molecule has 1 aliphatic rings. The number of aryl methyl sites for hydroxylation is 1. The van der Waals surface area contributed by atoms with Crippen molar-refractivity contribution in [3.8, 4) is 11.8 Å². The van der Waals surface area contributed by atoms with E-state index in [9.17, 15) is 0 Å². The second kappa shape index (κ2) is 9.28. The lowest BCUT2D eigenvalue weighted by molar-refractivity contribution is 0.339. The molecule has 0 amide bonds. The van der Waals surface area contributed by atoms with Crippen molar-refractivity contribution in [2.45, 2.75) is 51.4 Å². The molecular formula is C25H28. The lowest BCUT2D eigenvalue weighted by atomic mass is 9.85. The Morgan fingerprint density at radius 3 is 1.92 bits per heavy atom. The molecule has 1 fully saturated rings. The quantitative estimate of drug-likeness (QED) is 0.444. The average Bonchev–Trinajstić information content (AvgIpc) is 2.68. The third kappa shape index (κ3) is 5.64. The fraction of sp³-hybridized carbons (Fsp3) is 0.360. The minimum absolute atomic E-state index is 0.913. The molecule has 2 aromatic carbocycles. The zero-order valence-electron chi connectivity index (χ0n) is 15.1. The molecular weight excluding hydrogens is 300 g/mol. The Labute approximate surface area is 153 Å². The molecule has 1 saturated carbocycles. The van der Waals surface area contributed by atoms with Gasteiger partial charge in [-0.1, -0.05) is 74.3 Å². The molecule has 128 valence electrons. The van der Waals surface area contributed by atoms with Crippen LogP contribution in [0.1, 0.15) is 60.8 Å². The second-order valence-corrected chi connectivity index (χ2v) is 7.18. The van der Waals surface area contributed by atoms with E-state index in [2.05, 4.69) is 67.0 Å². The van der Waals surface area contributed by atoms with Crippen molar-refractivity contribution in [3.05, 3.63) is 83.4 Å². The van der Waals surface area contributed by atoms with Crippen LogP contribution in [0.25, 0.3) is 0 Å². The smallest absolute Gasteiger partial charge is 0.0249 e. The Balaban J connectivity index is 1.54. The van der Waals surface area contributed by atoms with Crippen molar-refractivity contribution in [3.63, 3.8) is 0 Å². The van der Waals surface area contributed by atoms with Gasteiger partial charge in [0.1, 0.15) is 0 Å². The maximum atomic E-state index is 3.77. The summed E-state index contributed by atoms with van der Waals surface area (Å²) < 4.78 is 0. The third-order valence-electron chi connectivity index (χ3n) is 5.21. The minimum Gasteiger partial charge on any atom is -0.103 e. The molecule has 0 nitrogen and oxygen atoms in total. The van der Waals surface area contributed by atoms with Gasteiger partial charge in [-0.05, 0) is 60.6 Å². The number of allylic oxidation sites excluding steroid dienone is 1. The molecule has 0 aliphatic heterocycles. The van der Waals surface area contributed by atoms with Gasteiger partial charge in [-0.25, -0.2) is 0 Å². The Kier molecular flexibility index (Phi) is 6.52. The van der Waals surface area contributed by atoms with Gasteiger partial charge in [0, 0.05) is 11.1 Å². The van der Waals surface area contributed by atoms with Crippen LogP contribution in [0.15, 0.2) is 61.2 Å². The van der Waals surface area contributed by atoms with Crippen LogP contribution in [0, 0.1) is 17.8 Å². The molecule has 1 aliphatic carbocycles. The van der Waals surface area contributed by atoms with Crippen LogP contribution in [0.2, 0.25) is 0 Å². The van der Waals surface area contributed by atoms with Gasteiger partial charge < -0.3 is 0 Å². The maximum absolute atomic E-state index is 3.77. The summed E-state index contributed by atoms with van der Waals surface area (Å²) >= 11 is 0. The molecule has 2 aromatic rings. The number of hydrogen-bond donors (Lipinski definition) is 0. The summed E-state index contributed by atoms with van der Waals surface area (Å²) in [7, 11) is 0. The molecule has 3 rings (SSSR count). The van der Waals surface area contributed by atoms with E-state index >= 15 is 0 Å². The second-order valence-electron chi connectivity index (χ2n) is 7.18. The van der Waals surface area contributed by atoms with E-state index in [-0.39, 0.29) is 0 Å². The first-order chi connectivity index (χ1) is 12.3. The van der Waals surface area contributed by atoms with Gasteiger partial charge in [-0.3, -0.25) is 0 Å². The fourth-order valence-corrected chi connectivity index (χ4v) is 3.64. The van der Waals surface area contributed by atoms with Gasteiger partial charge in [0.25, 0.3) is 0 Å². The molecule has 0 bridgehead atoms. The molecule has 0 heterocycles. The van der Waals surface area contributed by atoms with Crippen LogP contribution < -0.4 is 0 Å². The topological polar surface area (TPSA) is 0 Å². The number of benzene rings is 2. The van der Waals surface area contributed by atoms with Gasteiger partial charge in [0.05, 0.1) is 0 Å². The molecule has 25 heavy (non-hydrogen) atoms. The van der Waals surface area contributed by atoms with E-state index in [1.807, 2.05) is 6.08 Å². The lowest BCUT2D eigenvalue weighted by Gasteiger charge is -2.21. The lowest BCUT2D eigenvalue weighted by Crippen LogP contribution is -2.07. The van der Waals surface area contributed by atoms with Crippen LogP contribution in [-0.4, -0.2) is 0 Å². The van der Waals surface area contributed by atoms with Crippen LogP contribution in [-0.2, 0) is 12.8 Å². The summed E-state index contributed by atoms with van der Waals surface area (Å²) in [5.74, 6) is 7.49. The average molecular weight is 328 g/mol. The van der Waals surface area contributed by atoms with E-state index in [4.69, 9.17) is 0 Å². The Morgan fingerprint density at radius 1 is 0.800 bits per heavy atom. The monoisotopic (exact) mass is 328 g/mol. The zero-order chi connectivity index (χ0) is 17.3. The van der Waals surface area contributed by atoms with Crippen molar-refractivity contribution in [1.82, 2.24) is 0 Å². The van der Waals surface area contributed by atoms with E-state index < -0.39 is 0 Å². The summed E-state index contributed by atoms with van der Waals surface area (Å²) in [5.41, 5.74) is 4.89. The molecule has 0 heteroatoms. The van der Waals surface area contributed by atoms with Gasteiger partial charge in [-0.15, -0.1) is 6.58 Å². The van der Waals surface area contributed by atoms with Gasteiger partial charge >= 0.3 is 0 Å².